The summed E-state index contributed by atoms with van der Waals surface area (Å²) < 4.78 is 0. The fraction of sp³-hybridized carbons (Fsp3) is 0.647. The van der Waals surface area contributed by atoms with Gasteiger partial charge in [-0.3, -0.25) is 0 Å². The molecule has 1 aromatic rings. The minimum atomic E-state index is 0.476. The molecule has 2 aliphatic rings. The van der Waals surface area contributed by atoms with Crippen LogP contribution in [-0.4, -0.2) is 25.7 Å². The standard InChI is InChI=1S/C17H26N2/c1-14-7-8-15-5-3-4-6-16(15)19(14)13-17(2)9-11-18-12-10-17/h3-6,14,18H,7-13H2,1-2H3. The maximum absolute atomic E-state index is 3.49. The summed E-state index contributed by atoms with van der Waals surface area (Å²) in [6.45, 7) is 8.44. The highest BCUT2D eigenvalue weighted by Gasteiger charge is 2.32. The molecular formula is C17H26N2. The summed E-state index contributed by atoms with van der Waals surface area (Å²) >= 11 is 0. The smallest absolute Gasteiger partial charge is 0.0401 e. The Hall–Kier alpha value is -1.02. The molecule has 0 amide bonds. The predicted octanol–water partition coefficient (Wildman–Crippen LogP) is 3.22. The Morgan fingerprint density at radius 3 is 2.79 bits per heavy atom. The minimum absolute atomic E-state index is 0.476. The van der Waals surface area contributed by atoms with Crippen LogP contribution < -0.4 is 10.2 Å². The highest BCUT2D eigenvalue weighted by atomic mass is 15.2. The van der Waals surface area contributed by atoms with E-state index >= 15 is 0 Å². The van der Waals surface area contributed by atoms with Gasteiger partial charge in [-0.15, -0.1) is 0 Å². The number of para-hydroxylation sites is 1. The van der Waals surface area contributed by atoms with E-state index in [9.17, 15) is 0 Å². The van der Waals surface area contributed by atoms with Crippen molar-refractivity contribution in [2.24, 2.45) is 5.41 Å². The van der Waals surface area contributed by atoms with Crippen molar-refractivity contribution in [1.29, 1.82) is 0 Å². The molecule has 104 valence electrons. The lowest BCUT2D eigenvalue weighted by molar-refractivity contribution is 0.227. The average molecular weight is 258 g/mol. The molecule has 1 fully saturated rings. The molecule has 0 saturated carbocycles. The van der Waals surface area contributed by atoms with E-state index in [1.807, 2.05) is 0 Å². The van der Waals surface area contributed by atoms with E-state index in [2.05, 4.69) is 48.3 Å². The van der Waals surface area contributed by atoms with Crippen LogP contribution >= 0.6 is 0 Å². The van der Waals surface area contributed by atoms with Gasteiger partial charge in [0.15, 0.2) is 0 Å². The summed E-state index contributed by atoms with van der Waals surface area (Å²) in [5.74, 6) is 0. The molecule has 0 spiro atoms. The van der Waals surface area contributed by atoms with Crippen LogP contribution in [0.4, 0.5) is 5.69 Å². The molecule has 1 atom stereocenters. The average Bonchev–Trinajstić information content (AvgIpc) is 2.43. The Morgan fingerprint density at radius 2 is 2.00 bits per heavy atom. The van der Waals surface area contributed by atoms with Crippen LogP contribution in [0.25, 0.3) is 0 Å². The number of piperidine rings is 1. The van der Waals surface area contributed by atoms with E-state index in [1.54, 1.807) is 0 Å². The van der Waals surface area contributed by atoms with Gasteiger partial charge in [0, 0.05) is 18.3 Å². The van der Waals surface area contributed by atoms with Gasteiger partial charge in [0.2, 0.25) is 0 Å². The second-order valence-corrected chi connectivity index (χ2v) is 6.70. The van der Waals surface area contributed by atoms with Gasteiger partial charge in [-0.05, 0) is 62.7 Å². The largest absolute Gasteiger partial charge is 0.368 e. The molecule has 2 nitrogen and oxygen atoms in total. The number of nitrogens with one attached hydrogen (secondary N) is 1. The summed E-state index contributed by atoms with van der Waals surface area (Å²) in [5, 5.41) is 3.49. The second-order valence-electron chi connectivity index (χ2n) is 6.70. The minimum Gasteiger partial charge on any atom is -0.368 e. The van der Waals surface area contributed by atoms with Crippen molar-refractivity contribution >= 4 is 5.69 Å². The zero-order valence-corrected chi connectivity index (χ0v) is 12.3. The zero-order chi connectivity index (χ0) is 13.3. The van der Waals surface area contributed by atoms with Gasteiger partial charge in [0.1, 0.15) is 0 Å². The van der Waals surface area contributed by atoms with Crippen LogP contribution in [0.3, 0.4) is 0 Å². The second kappa shape index (κ2) is 5.16. The predicted molar refractivity (Wildman–Crippen MR) is 81.8 cm³/mol. The molecule has 1 aromatic carbocycles. The van der Waals surface area contributed by atoms with E-state index < -0.39 is 0 Å². The molecule has 2 heterocycles. The fourth-order valence-corrected chi connectivity index (χ4v) is 3.60. The molecule has 1 N–H and O–H groups in total. The van der Waals surface area contributed by atoms with Crippen LogP contribution in [-0.2, 0) is 6.42 Å². The molecule has 3 rings (SSSR count). The number of hydrogen-bond donors (Lipinski definition) is 1. The Kier molecular flexibility index (Phi) is 3.53. The molecule has 0 radical (unpaired) electrons. The Morgan fingerprint density at radius 1 is 1.26 bits per heavy atom. The fourth-order valence-electron chi connectivity index (χ4n) is 3.60. The molecule has 1 unspecified atom stereocenters. The summed E-state index contributed by atoms with van der Waals surface area (Å²) in [6.07, 6.45) is 5.15. The third kappa shape index (κ3) is 2.64. The van der Waals surface area contributed by atoms with Gasteiger partial charge in [-0.1, -0.05) is 25.1 Å². The molecule has 0 bridgehead atoms. The van der Waals surface area contributed by atoms with Crippen molar-refractivity contribution in [2.75, 3.05) is 24.5 Å². The van der Waals surface area contributed by atoms with E-state index in [4.69, 9.17) is 0 Å². The first-order chi connectivity index (χ1) is 9.18. The van der Waals surface area contributed by atoms with Gasteiger partial charge in [-0.2, -0.15) is 0 Å². The van der Waals surface area contributed by atoms with Crippen LogP contribution in [0.2, 0.25) is 0 Å². The highest BCUT2D eigenvalue weighted by Crippen LogP contribution is 2.36. The van der Waals surface area contributed by atoms with Crippen molar-refractivity contribution in [1.82, 2.24) is 5.32 Å². The molecule has 2 heteroatoms. The zero-order valence-electron chi connectivity index (χ0n) is 12.3. The van der Waals surface area contributed by atoms with E-state index in [1.165, 1.54) is 56.6 Å². The molecule has 19 heavy (non-hydrogen) atoms. The first-order valence-electron chi connectivity index (χ1n) is 7.73. The van der Waals surface area contributed by atoms with Crippen LogP contribution in [0.1, 0.15) is 38.7 Å². The highest BCUT2D eigenvalue weighted by molar-refractivity contribution is 5.56. The monoisotopic (exact) mass is 258 g/mol. The lowest BCUT2D eigenvalue weighted by atomic mass is 9.79. The molecule has 2 aliphatic heterocycles. The maximum Gasteiger partial charge on any atom is 0.0401 e. The molecule has 1 saturated heterocycles. The van der Waals surface area contributed by atoms with E-state index in [0.29, 0.717) is 11.5 Å². The van der Waals surface area contributed by atoms with E-state index in [-0.39, 0.29) is 0 Å². The third-order valence-corrected chi connectivity index (χ3v) is 5.03. The number of rotatable bonds is 2. The Labute approximate surface area is 117 Å². The van der Waals surface area contributed by atoms with Crippen LogP contribution in [0, 0.1) is 5.41 Å². The van der Waals surface area contributed by atoms with Crippen LogP contribution in [0.5, 0.6) is 0 Å². The SMILES string of the molecule is CC1CCc2ccccc2N1CC1(C)CCNCC1. The summed E-state index contributed by atoms with van der Waals surface area (Å²) in [6, 6.07) is 9.67. The van der Waals surface area contributed by atoms with Crippen molar-refractivity contribution in [3.05, 3.63) is 29.8 Å². The quantitative estimate of drug-likeness (QED) is 0.876. The maximum atomic E-state index is 3.49. The van der Waals surface area contributed by atoms with Crippen molar-refractivity contribution in [2.45, 2.75) is 45.6 Å². The number of aryl methyl sites for hydroxylation is 1. The number of anilines is 1. The number of benzene rings is 1. The number of fused-ring (bicyclic) bond motifs is 1. The first-order valence-corrected chi connectivity index (χ1v) is 7.73. The van der Waals surface area contributed by atoms with Gasteiger partial charge in [0.25, 0.3) is 0 Å². The molecule has 0 aliphatic carbocycles. The Bertz CT molecular complexity index is 435. The van der Waals surface area contributed by atoms with Crippen LogP contribution in [0.15, 0.2) is 24.3 Å². The summed E-state index contributed by atoms with van der Waals surface area (Å²) in [7, 11) is 0. The Balaban J connectivity index is 1.83. The van der Waals surface area contributed by atoms with Gasteiger partial charge >= 0.3 is 0 Å². The normalized spacial score (nSPS) is 26.0. The first kappa shape index (κ1) is 13.0. The van der Waals surface area contributed by atoms with Gasteiger partial charge < -0.3 is 10.2 Å². The van der Waals surface area contributed by atoms with Gasteiger partial charge in [0.05, 0.1) is 0 Å². The lowest BCUT2D eigenvalue weighted by Gasteiger charge is -2.44. The van der Waals surface area contributed by atoms with Gasteiger partial charge in [-0.25, -0.2) is 0 Å². The molecular weight excluding hydrogens is 232 g/mol. The van der Waals surface area contributed by atoms with Crippen molar-refractivity contribution in [3.8, 4) is 0 Å². The molecule has 0 aromatic heterocycles. The van der Waals surface area contributed by atoms with Crippen molar-refractivity contribution < 1.29 is 0 Å². The topological polar surface area (TPSA) is 15.3 Å². The van der Waals surface area contributed by atoms with Crippen molar-refractivity contribution in [3.63, 3.8) is 0 Å². The third-order valence-electron chi connectivity index (χ3n) is 5.03. The summed E-state index contributed by atoms with van der Waals surface area (Å²) in [4.78, 5) is 2.67. The lowest BCUT2D eigenvalue weighted by Crippen LogP contribution is -2.47. The number of hydrogen-bond acceptors (Lipinski definition) is 2. The van der Waals surface area contributed by atoms with E-state index in [0.717, 1.165) is 0 Å². The number of nitrogens with zero attached hydrogens (tertiary/aromatic N) is 1. The summed E-state index contributed by atoms with van der Waals surface area (Å²) in [5.41, 5.74) is 3.50.